The smallest absolute Gasteiger partial charge is 0.163 e. The summed E-state index contributed by atoms with van der Waals surface area (Å²) >= 11 is 0. The molecule has 3 nitrogen and oxygen atoms in total. The van der Waals surface area contributed by atoms with Crippen LogP contribution >= 0.6 is 0 Å². The Labute approximate surface area is 96.1 Å². The number of rotatable bonds is 6. The molecule has 88 valence electrons. The van der Waals surface area contributed by atoms with Crippen molar-refractivity contribution in [1.29, 1.82) is 0 Å². The number of ether oxygens (including phenoxy) is 1. The van der Waals surface area contributed by atoms with Gasteiger partial charge in [-0.05, 0) is 12.5 Å². The fraction of sp³-hybridized carbons (Fsp3) is 0.462. The number of Topliss-reactive ketones (excluding diaryl/α,β-unsaturated/α-hetero) is 1. The van der Waals surface area contributed by atoms with Crippen molar-refractivity contribution in [3.8, 4) is 0 Å². The van der Waals surface area contributed by atoms with Gasteiger partial charge in [0.05, 0.1) is 5.92 Å². The Hall–Kier alpha value is -1.19. The van der Waals surface area contributed by atoms with E-state index < -0.39 is 12.2 Å². The van der Waals surface area contributed by atoms with Gasteiger partial charge in [-0.15, -0.1) is 0 Å². The lowest BCUT2D eigenvalue weighted by Gasteiger charge is -2.17. The van der Waals surface area contributed by atoms with E-state index in [4.69, 9.17) is 4.74 Å². The van der Waals surface area contributed by atoms with Crippen molar-refractivity contribution in [1.82, 2.24) is 0 Å². The summed E-state index contributed by atoms with van der Waals surface area (Å²) in [6, 6.07) is 9.50. The van der Waals surface area contributed by atoms with Crippen molar-refractivity contribution in [2.75, 3.05) is 6.61 Å². The summed E-state index contributed by atoms with van der Waals surface area (Å²) in [5.41, 5.74) is 0.961. The Morgan fingerprint density at radius 1 is 1.38 bits per heavy atom. The van der Waals surface area contributed by atoms with Gasteiger partial charge < -0.3 is 9.84 Å². The van der Waals surface area contributed by atoms with Crippen LogP contribution in [0.2, 0.25) is 0 Å². The molecule has 0 aliphatic rings. The van der Waals surface area contributed by atoms with E-state index in [9.17, 15) is 9.90 Å². The minimum atomic E-state index is -0.999. The summed E-state index contributed by atoms with van der Waals surface area (Å²) < 4.78 is 5.00. The van der Waals surface area contributed by atoms with Crippen LogP contribution in [0.3, 0.4) is 0 Å². The third-order valence-corrected chi connectivity index (χ3v) is 2.49. The van der Waals surface area contributed by atoms with Crippen molar-refractivity contribution in [3.05, 3.63) is 35.9 Å². The molecule has 0 radical (unpaired) electrons. The van der Waals surface area contributed by atoms with Crippen LogP contribution in [0.15, 0.2) is 30.3 Å². The van der Waals surface area contributed by atoms with Gasteiger partial charge in [-0.3, -0.25) is 4.79 Å². The number of hydrogen-bond donors (Lipinski definition) is 1. The van der Waals surface area contributed by atoms with Crippen molar-refractivity contribution in [2.45, 2.75) is 26.6 Å². The summed E-state index contributed by atoms with van der Waals surface area (Å²) in [6.07, 6.45) is -0.659. The maximum Gasteiger partial charge on any atom is 0.163 e. The lowest BCUT2D eigenvalue weighted by Crippen LogP contribution is -2.29. The number of carbonyl (C=O) groups excluding carboxylic acids is 1. The van der Waals surface area contributed by atoms with Crippen molar-refractivity contribution >= 4 is 5.78 Å². The number of ketones is 1. The monoisotopic (exact) mass is 222 g/mol. The summed E-state index contributed by atoms with van der Waals surface area (Å²) in [5.74, 6) is -0.493. The first-order valence-corrected chi connectivity index (χ1v) is 5.51. The average molecular weight is 222 g/mol. The zero-order valence-corrected chi connectivity index (χ0v) is 9.72. The molecular weight excluding hydrogens is 204 g/mol. The molecule has 16 heavy (non-hydrogen) atoms. The summed E-state index contributed by atoms with van der Waals surface area (Å²) in [4.78, 5) is 11.8. The number of hydrogen-bond acceptors (Lipinski definition) is 3. The highest BCUT2D eigenvalue weighted by molar-refractivity contribution is 5.83. The van der Waals surface area contributed by atoms with Gasteiger partial charge in [0.1, 0.15) is 5.78 Å². The number of aliphatic hydroxyl groups excluding tert-OH is 1. The number of carbonyl (C=O) groups is 1. The van der Waals surface area contributed by atoms with E-state index >= 15 is 0 Å². The third-order valence-electron chi connectivity index (χ3n) is 2.49. The van der Waals surface area contributed by atoms with E-state index in [0.717, 1.165) is 5.56 Å². The lowest BCUT2D eigenvalue weighted by atomic mass is 9.99. The average Bonchev–Trinajstić information content (AvgIpc) is 2.29. The summed E-state index contributed by atoms with van der Waals surface area (Å²) in [7, 11) is 0. The fourth-order valence-corrected chi connectivity index (χ4v) is 1.43. The molecule has 0 aliphatic heterocycles. The van der Waals surface area contributed by atoms with Crippen LogP contribution in [-0.4, -0.2) is 23.8 Å². The summed E-state index contributed by atoms with van der Waals surface area (Å²) in [5, 5.41) is 9.52. The van der Waals surface area contributed by atoms with E-state index in [1.165, 1.54) is 0 Å². The van der Waals surface area contributed by atoms with Crippen LogP contribution < -0.4 is 0 Å². The lowest BCUT2D eigenvalue weighted by molar-refractivity contribution is -0.150. The normalized spacial score (nSPS) is 14.4. The van der Waals surface area contributed by atoms with Crippen molar-refractivity contribution in [3.63, 3.8) is 0 Å². The largest absolute Gasteiger partial charge is 0.367 e. The zero-order valence-electron chi connectivity index (χ0n) is 9.72. The van der Waals surface area contributed by atoms with Gasteiger partial charge in [0, 0.05) is 13.0 Å². The molecule has 0 saturated carbocycles. The molecule has 2 atom stereocenters. The van der Waals surface area contributed by atoms with Gasteiger partial charge in [0.2, 0.25) is 0 Å². The molecule has 1 rings (SSSR count). The van der Waals surface area contributed by atoms with Gasteiger partial charge in [-0.1, -0.05) is 37.3 Å². The third kappa shape index (κ3) is 3.76. The highest BCUT2D eigenvalue weighted by atomic mass is 16.6. The van der Waals surface area contributed by atoms with Crippen molar-refractivity contribution in [2.24, 2.45) is 5.92 Å². The second-order valence-electron chi connectivity index (χ2n) is 3.76. The SMILES string of the molecule is CCOC(O)C(C)C(=O)Cc1ccccc1. The van der Waals surface area contributed by atoms with Crippen LogP contribution in [0.1, 0.15) is 19.4 Å². The van der Waals surface area contributed by atoms with Gasteiger partial charge in [0.15, 0.2) is 6.29 Å². The maximum atomic E-state index is 11.8. The topological polar surface area (TPSA) is 46.5 Å². The molecule has 0 aromatic heterocycles. The van der Waals surface area contributed by atoms with Crippen LogP contribution in [0.25, 0.3) is 0 Å². The van der Waals surface area contributed by atoms with E-state index in [1.54, 1.807) is 13.8 Å². The molecule has 0 aliphatic carbocycles. The molecule has 0 fully saturated rings. The maximum absolute atomic E-state index is 11.8. The molecule has 0 heterocycles. The fourth-order valence-electron chi connectivity index (χ4n) is 1.43. The Bertz CT molecular complexity index is 321. The molecule has 0 spiro atoms. The van der Waals surface area contributed by atoms with E-state index in [2.05, 4.69) is 0 Å². The molecule has 3 heteroatoms. The molecule has 0 amide bonds. The van der Waals surface area contributed by atoms with E-state index in [0.29, 0.717) is 13.0 Å². The Morgan fingerprint density at radius 2 is 2.00 bits per heavy atom. The minimum absolute atomic E-state index is 0.00727. The Kier molecular flexibility index (Phi) is 5.15. The second kappa shape index (κ2) is 6.40. The molecule has 1 aromatic rings. The molecule has 1 aromatic carbocycles. The molecule has 0 saturated heterocycles. The van der Waals surface area contributed by atoms with E-state index in [-0.39, 0.29) is 5.78 Å². The number of benzene rings is 1. The molecule has 1 N–H and O–H groups in total. The first-order chi connectivity index (χ1) is 7.65. The highest BCUT2D eigenvalue weighted by Crippen LogP contribution is 2.10. The van der Waals surface area contributed by atoms with E-state index in [1.807, 2.05) is 30.3 Å². The second-order valence-corrected chi connectivity index (χ2v) is 3.76. The van der Waals surface area contributed by atoms with Gasteiger partial charge in [-0.25, -0.2) is 0 Å². The zero-order chi connectivity index (χ0) is 12.0. The van der Waals surface area contributed by atoms with Gasteiger partial charge in [-0.2, -0.15) is 0 Å². The van der Waals surface area contributed by atoms with Crippen LogP contribution in [0.4, 0.5) is 0 Å². The quantitative estimate of drug-likeness (QED) is 0.746. The standard InChI is InChI=1S/C13H18O3/c1-3-16-13(15)10(2)12(14)9-11-7-5-4-6-8-11/h4-8,10,13,15H,3,9H2,1-2H3. The molecular formula is C13H18O3. The van der Waals surface area contributed by atoms with Crippen LogP contribution in [-0.2, 0) is 16.0 Å². The Balaban J connectivity index is 2.52. The van der Waals surface area contributed by atoms with Crippen LogP contribution in [0.5, 0.6) is 0 Å². The Morgan fingerprint density at radius 3 is 2.56 bits per heavy atom. The molecule has 0 bridgehead atoms. The molecule has 2 unspecified atom stereocenters. The van der Waals surface area contributed by atoms with Crippen LogP contribution in [0, 0.1) is 5.92 Å². The van der Waals surface area contributed by atoms with Gasteiger partial charge in [0.25, 0.3) is 0 Å². The number of aliphatic hydroxyl groups is 1. The van der Waals surface area contributed by atoms with Gasteiger partial charge >= 0.3 is 0 Å². The highest BCUT2D eigenvalue weighted by Gasteiger charge is 2.21. The predicted octanol–water partition coefficient (Wildman–Crippen LogP) is 1.79. The van der Waals surface area contributed by atoms with Crippen molar-refractivity contribution < 1.29 is 14.6 Å². The summed E-state index contributed by atoms with van der Waals surface area (Å²) in [6.45, 7) is 3.88. The minimum Gasteiger partial charge on any atom is -0.367 e. The first-order valence-electron chi connectivity index (χ1n) is 5.51. The predicted molar refractivity (Wildman–Crippen MR) is 61.9 cm³/mol. The first kappa shape index (κ1) is 12.9.